The predicted molar refractivity (Wildman–Crippen MR) is 123 cm³/mol. The van der Waals surface area contributed by atoms with Crippen LogP contribution in [-0.4, -0.2) is 42.3 Å². The number of aromatic nitrogens is 1. The summed E-state index contributed by atoms with van der Waals surface area (Å²) >= 11 is 0. The molecular weight excluding hydrogens is 395 g/mol. The van der Waals surface area contributed by atoms with Gasteiger partial charge in [-0.3, -0.25) is 4.79 Å². The molecule has 1 fully saturated rings. The zero-order chi connectivity index (χ0) is 22.2. The SMILES string of the molecule is C=C/C(=C\c1c(N)ccc(=O)n1CCN1CCC(NCc2ccc(F)cc2)CC1)OC. The van der Waals surface area contributed by atoms with Crippen molar-refractivity contribution in [2.45, 2.75) is 32.0 Å². The van der Waals surface area contributed by atoms with Crippen LogP contribution in [0.25, 0.3) is 6.08 Å². The standard InChI is InChI=1S/C24H31FN4O2/c1-3-21(31-2)16-23-22(26)8-9-24(30)29(23)15-14-28-12-10-20(11-13-28)27-17-18-4-6-19(25)7-5-18/h3-9,16,20,27H,1,10-15,17,26H2,2H3/b21-16+. The van der Waals surface area contributed by atoms with Crippen LogP contribution >= 0.6 is 0 Å². The van der Waals surface area contributed by atoms with E-state index in [2.05, 4.69) is 16.8 Å². The molecule has 1 aliphatic heterocycles. The van der Waals surface area contributed by atoms with Gasteiger partial charge < -0.3 is 25.3 Å². The van der Waals surface area contributed by atoms with Crippen LogP contribution < -0.4 is 16.6 Å². The van der Waals surface area contributed by atoms with Gasteiger partial charge in [-0.2, -0.15) is 0 Å². The second-order valence-corrected chi connectivity index (χ2v) is 7.74. The summed E-state index contributed by atoms with van der Waals surface area (Å²) in [5.74, 6) is 0.344. The Balaban J connectivity index is 1.54. The van der Waals surface area contributed by atoms with Gasteiger partial charge in [0, 0.05) is 37.8 Å². The van der Waals surface area contributed by atoms with E-state index in [0.717, 1.165) is 44.6 Å². The summed E-state index contributed by atoms with van der Waals surface area (Å²) in [5, 5.41) is 3.56. The highest BCUT2D eigenvalue weighted by atomic mass is 19.1. The molecule has 2 aromatic rings. The van der Waals surface area contributed by atoms with E-state index >= 15 is 0 Å². The average molecular weight is 427 g/mol. The first-order valence-corrected chi connectivity index (χ1v) is 10.6. The van der Waals surface area contributed by atoms with Crippen molar-refractivity contribution in [3.63, 3.8) is 0 Å². The van der Waals surface area contributed by atoms with Crippen LogP contribution in [0.4, 0.5) is 10.1 Å². The maximum absolute atomic E-state index is 13.0. The van der Waals surface area contributed by atoms with Gasteiger partial charge in [0.25, 0.3) is 5.56 Å². The van der Waals surface area contributed by atoms with E-state index in [-0.39, 0.29) is 11.4 Å². The summed E-state index contributed by atoms with van der Waals surface area (Å²) in [7, 11) is 1.56. The summed E-state index contributed by atoms with van der Waals surface area (Å²) in [6.45, 7) is 7.70. The lowest BCUT2D eigenvalue weighted by Gasteiger charge is -2.32. The van der Waals surface area contributed by atoms with Crippen molar-refractivity contribution in [1.82, 2.24) is 14.8 Å². The number of anilines is 1. The summed E-state index contributed by atoms with van der Waals surface area (Å²) in [5.41, 5.74) is 8.29. The van der Waals surface area contributed by atoms with E-state index in [4.69, 9.17) is 10.5 Å². The first-order chi connectivity index (χ1) is 15.0. The topological polar surface area (TPSA) is 72.5 Å². The summed E-state index contributed by atoms with van der Waals surface area (Å²) in [6.07, 6.45) is 5.40. The quantitative estimate of drug-likeness (QED) is 0.476. The fourth-order valence-corrected chi connectivity index (χ4v) is 3.81. The number of rotatable bonds is 9. The lowest BCUT2D eigenvalue weighted by molar-refractivity contribution is 0.190. The average Bonchev–Trinajstić information content (AvgIpc) is 2.79. The highest BCUT2D eigenvalue weighted by Crippen LogP contribution is 2.16. The molecule has 7 heteroatoms. The Labute approximate surface area is 182 Å². The number of nitrogens with one attached hydrogen (secondary N) is 1. The predicted octanol–water partition coefficient (Wildman–Crippen LogP) is 3.00. The third-order valence-corrected chi connectivity index (χ3v) is 5.71. The Bertz CT molecular complexity index is 961. The number of pyridine rings is 1. The Morgan fingerprint density at radius 2 is 1.94 bits per heavy atom. The van der Waals surface area contributed by atoms with Crippen LogP contribution in [0.2, 0.25) is 0 Å². The van der Waals surface area contributed by atoms with Gasteiger partial charge in [0.1, 0.15) is 11.6 Å². The fraction of sp³-hybridized carbons (Fsp3) is 0.375. The maximum atomic E-state index is 13.0. The number of nitrogens with two attached hydrogens (primary N) is 1. The van der Waals surface area contributed by atoms with Gasteiger partial charge in [0.05, 0.1) is 18.5 Å². The first-order valence-electron chi connectivity index (χ1n) is 10.6. The molecule has 6 nitrogen and oxygen atoms in total. The van der Waals surface area contributed by atoms with Crippen LogP contribution in [0.3, 0.4) is 0 Å². The number of ether oxygens (including phenoxy) is 1. The fourth-order valence-electron chi connectivity index (χ4n) is 3.81. The second kappa shape index (κ2) is 10.9. The number of allylic oxidation sites excluding steroid dienone is 1. The minimum absolute atomic E-state index is 0.0872. The minimum Gasteiger partial charge on any atom is -0.497 e. The number of nitrogens with zero attached hydrogens (tertiary/aromatic N) is 2. The van der Waals surface area contributed by atoms with E-state index in [1.807, 2.05) is 12.1 Å². The van der Waals surface area contributed by atoms with Gasteiger partial charge in [-0.25, -0.2) is 4.39 Å². The van der Waals surface area contributed by atoms with Gasteiger partial charge in [0.15, 0.2) is 0 Å². The molecule has 0 bridgehead atoms. The molecule has 0 spiro atoms. The number of hydrogen-bond donors (Lipinski definition) is 2. The van der Waals surface area contributed by atoms with E-state index in [1.54, 1.807) is 29.9 Å². The molecule has 0 aliphatic carbocycles. The molecule has 3 N–H and O–H groups in total. The minimum atomic E-state index is -0.210. The second-order valence-electron chi connectivity index (χ2n) is 7.74. The number of piperidine rings is 1. The molecule has 0 radical (unpaired) electrons. The van der Waals surface area contributed by atoms with E-state index in [9.17, 15) is 9.18 Å². The van der Waals surface area contributed by atoms with E-state index < -0.39 is 0 Å². The van der Waals surface area contributed by atoms with Crippen molar-refractivity contribution >= 4 is 11.8 Å². The molecule has 1 saturated heterocycles. The molecular formula is C24H31FN4O2. The monoisotopic (exact) mass is 426 g/mol. The first kappa shape index (κ1) is 22.8. The highest BCUT2D eigenvalue weighted by molar-refractivity contribution is 5.63. The van der Waals surface area contributed by atoms with E-state index in [0.29, 0.717) is 29.7 Å². The molecule has 2 heterocycles. The summed E-state index contributed by atoms with van der Waals surface area (Å²) < 4.78 is 20.0. The molecule has 166 valence electrons. The normalized spacial score (nSPS) is 15.7. The Kier molecular flexibility index (Phi) is 8.03. The molecule has 1 aliphatic rings. The number of halogens is 1. The number of methoxy groups -OCH3 is 1. The summed E-state index contributed by atoms with van der Waals surface area (Å²) in [6, 6.07) is 10.2. The Morgan fingerprint density at radius 3 is 2.58 bits per heavy atom. The number of benzene rings is 1. The lowest BCUT2D eigenvalue weighted by Crippen LogP contribution is -2.43. The zero-order valence-electron chi connectivity index (χ0n) is 18.0. The molecule has 0 unspecified atom stereocenters. The van der Waals surface area contributed by atoms with Crippen molar-refractivity contribution in [3.8, 4) is 0 Å². The van der Waals surface area contributed by atoms with Crippen molar-refractivity contribution in [2.75, 3.05) is 32.5 Å². The van der Waals surface area contributed by atoms with Gasteiger partial charge >= 0.3 is 0 Å². The number of likely N-dealkylation sites (tertiary alicyclic amines) is 1. The molecule has 31 heavy (non-hydrogen) atoms. The Hall–Kier alpha value is -2.90. The van der Waals surface area contributed by atoms with Crippen molar-refractivity contribution in [1.29, 1.82) is 0 Å². The van der Waals surface area contributed by atoms with Gasteiger partial charge in [-0.15, -0.1) is 0 Å². The van der Waals surface area contributed by atoms with Crippen LogP contribution in [0.5, 0.6) is 0 Å². The number of hydrogen-bond acceptors (Lipinski definition) is 5. The van der Waals surface area contributed by atoms with Crippen molar-refractivity contribution in [2.24, 2.45) is 0 Å². The third kappa shape index (κ3) is 6.29. The Morgan fingerprint density at radius 1 is 1.23 bits per heavy atom. The van der Waals surface area contributed by atoms with Crippen molar-refractivity contribution in [3.05, 3.63) is 82.2 Å². The molecule has 1 aromatic heterocycles. The third-order valence-electron chi connectivity index (χ3n) is 5.71. The smallest absolute Gasteiger partial charge is 0.251 e. The van der Waals surface area contributed by atoms with Crippen molar-refractivity contribution < 1.29 is 9.13 Å². The van der Waals surface area contributed by atoms with Crippen LogP contribution in [0, 0.1) is 5.82 Å². The summed E-state index contributed by atoms with van der Waals surface area (Å²) in [4.78, 5) is 14.8. The lowest BCUT2D eigenvalue weighted by atomic mass is 10.0. The van der Waals surface area contributed by atoms with Gasteiger partial charge in [0.2, 0.25) is 0 Å². The molecule has 3 rings (SSSR count). The molecule has 0 amide bonds. The van der Waals surface area contributed by atoms with Crippen LogP contribution in [0.15, 0.2) is 59.6 Å². The molecule has 0 saturated carbocycles. The highest BCUT2D eigenvalue weighted by Gasteiger charge is 2.19. The van der Waals surface area contributed by atoms with Crippen LogP contribution in [-0.2, 0) is 17.8 Å². The molecule has 0 atom stereocenters. The van der Waals surface area contributed by atoms with Crippen LogP contribution in [0.1, 0.15) is 24.1 Å². The largest absolute Gasteiger partial charge is 0.497 e. The van der Waals surface area contributed by atoms with Gasteiger partial charge in [-0.1, -0.05) is 18.7 Å². The van der Waals surface area contributed by atoms with E-state index in [1.165, 1.54) is 18.2 Å². The molecule has 1 aromatic carbocycles. The zero-order valence-corrected chi connectivity index (χ0v) is 18.0. The number of nitrogen functional groups attached to an aromatic ring is 1. The van der Waals surface area contributed by atoms with Gasteiger partial charge in [-0.05, 0) is 55.8 Å². The maximum Gasteiger partial charge on any atom is 0.251 e.